The van der Waals surface area contributed by atoms with E-state index in [1.807, 2.05) is 19.9 Å². The molecule has 0 fully saturated rings. The monoisotopic (exact) mass is 261 g/mol. The Morgan fingerprint density at radius 2 is 1.95 bits per heavy atom. The van der Waals surface area contributed by atoms with Crippen LogP contribution < -0.4 is 5.32 Å². The minimum atomic E-state index is 0.0995. The normalized spacial score (nSPS) is 12.6. The van der Waals surface area contributed by atoms with Gasteiger partial charge < -0.3 is 9.73 Å². The lowest BCUT2D eigenvalue weighted by Crippen LogP contribution is -2.20. The molecular formula is C13H19N5O. The zero-order valence-electron chi connectivity index (χ0n) is 11.8. The Morgan fingerprint density at radius 1 is 1.16 bits per heavy atom. The lowest BCUT2D eigenvalue weighted by molar-refractivity contribution is 0.401. The fraction of sp³-hybridized carbons (Fsp3) is 0.538. The van der Waals surface area contributed by atoms with E-state index < -0.39 is 0 Å². The molecule has 0 spiro atoms. The first-order chi connectivity index (χ1) is 9.15. The quantitative estimate of drug-likeness (QED) is 0.889. The van der Waals surface area contributed by atoms with E-state index in [1.165, 1.54) is 0 Å². The number of nitrogens with one attached hydrogen (secondary N) is 1. The van der Waals surface area contributed by atoms with Crippen molar-refractivity contribution in [2.75, 3.05) is 6.54 Å². The summed E-state index contributed by atoms with van der Waals surface area (Å²) in [5, 5.41) is 19.6. The van der Waals surface area contributed by atoms with E-state index in [-0.39, 0.29) is 6.04 Å². The summed E-state index contributed by atoms with van der Waals surface area (Å²) < 4.78 is 5.76. The number of rotatable bonds is 5. The maximum Gasteiger partial charge on any atom is 0.249 e. The summed E-state index contributed by atoms with van der Waals surface area (Å²) in [7, 11) is 0. The molecule has 6 heteroatoms. The van der Waals surface area contributed by atoms with Crippen LogP contribution in [0.25, 0.3) is 11.5 Å². The molecule has 0 aromatic carbocycles. The van der Waals surface area contributed by atoms with E-state index in [4.69, 9.17) is 4.42 Å². The van der Waals surface area contributed by atoms with Crippen LogP contribution in [0.15, 0.2) is 10.5 Å². The van der Waals surface area contributed by atoms with Gasteiger partial charge in [-0.2, -0.15) is 10.2 Å². The van der Waals surface area contributed by atoms with Gasteiger partial charge in [-0.05, 0) is 32.9 Å². The summed E-state index contributed by atoms with van der Waals surface area (Å²) >= 11 is 0. The van der Waals surface area contributed by atoms with Gasteiger partial charge in [0.15, 0.2) is 0 Å². The third kappa shape index (κ3) is 2.96. The molecule has 1 N–H and O–H groups in total. The van der Waals surface area contributed by atoms with Gasteiger partial charge in [-0.15, -0.1) is 10.2 Å². The van der Waals surface area contributed by atoms with Crippen molar-refractivity contribution in [3.63, 3.8) is 0 Å². The molecule has 1 unspecified atom stereocenters. The van der Waals surface area contributed by atoms with E-state index in [9.17, 15) is 0 Å². The fourth-order valence-electron chi connectivity index (χ4n) is 1.90. The first-order valence-electron chi connectivity index (χ1n) is 6.53. The van der Waals surface area contributed by atoms with E-state index in [0.717, 1.165) is 29.9 Å². The largest absolute Gasteiger partial charge is 0.419 e. The summed E-state index contributed by atoms with van der Waals surface area (Å²) in [5.41, 5.74) is 2.47. The van der Waals surface area contributed by atoms with Crippen molar-refractivity contribution in [3.05, 3.63) is 23.3 Å². The van der Waals surface area contributed by atoms with Crippen molar-refractivity contribution in [2.24, 2.45) is 0 Å². The molecule has 2 aromatic rings. The van der Waals surface area contributed by atoms with Crippen LogP contribution in [0.3, 0.4) is 0 Å². The average Bonchev–Trinajstić information content (AvgIpc) is 2.88. The van der Waals surface area contributed by atoms with E-state index in [1.54, 1.807) is 0 Å². The molecule has 102 valence electrons. The summed E-state index contributed by atoms with van der Waals surface area (Å²) in [6.07, 6.45) is 0.905. The minimum Gasteiger partial charge on any atom is -0.419 e. The van der Waals surface area contributed by atoms with Crippen molar-refractivity contribution in [3.8, 4) is 11.5 Å². The second-order valence-corrected chi connectivity index (χ2v) is 4.45. The summed E-state index contributed by atoms with van der Waals surface area (Å²) in [6, 6.07) is 2.01. The molecule has 0 bridgehead atoms. The zero-order chi connectivity index (χ0) is 13.8. The van der Waals surface area contributed by atoms with Gasteiger partial charge in [0.1, 0.15) is 0 Å². The SMILES string of the molecule is CCNC(CC)c1nnc(-c2cc(C)nnc2C)o1. The molecule has 0 radical (unpaired) electrons. The van der Waals surface area contributed by atoms with Gasteiger partial charge >= 0.3 is 0 Å². The molecule has 2 rings (SSSR count). The molecule has 0 aliphatic carbocycles. The highest BCUT2D eigenvalue weighted by molar-refractivity contribution is 5.55. The van der Waals surface area contributed by atoms with Crippen LogP contribution in [0, 0.1) is 13.8 Å². The van der Waals surface area contributed by atoms with Crippen molar-refractivity contribution in [1.29, 1.82) is 0 Å². The van der Waals surface area contributed by atoms with Crippen molar-refractivity contribution >= 4 is 0 Å². The van der Waals surface area contributed by atoms with E-state index in [0.29, 0.717) is 11.8 Å². The smallest absolute Gasteiger partial charge is 0.249 e. The van der Waals surface area contributed by atoms with Gasteiger partial charge in [-0.25, -0.2) is 0 Å². The standard InChI is InChI=1S/C13H19N5O/c1-5-11(14-6-2)13-18-17-12(19-13)10-7-8(3)15-16-9(10)4/h7,11,14H,5-6H2,1-4H3. The summed E-state index contributed by atoms with van der Waals surface area (Å²) in [4.78, 5) is 0. The topological polar surface area (TPSA) is 76.7 Å². The van der Waals surface area contributed by atoms with Gasteiger partial charge in [-0.1, -0.05) is 13.8 Å². The van der Waals surface area contributed by atoms with Gasteiger partial charge in [0, 0.05) is 0 Å². The van der Waals surface area contributed by atoms with Gasteiger partial charge in [-0.3, -0.25) is 0 Å². The number of aryl methyl sites for hydroxylation is 2. The maximum atomic E-state index is 5.76. The lowest BCUT2D eigenvalue weighted by Gasteiger charge is -2.10. The van der Waals surface area contributed by atoms with Crippen LogP contribution in [-0.4, -0.2) is 26.9 Å². The first kappa shape index (κ1) is 13.6. The first-order valence-corrected chi connectivity index (χ1v) is 6.53. The van der Waals surface area contributed by atoms with Gasteiger partial charge in [0.2, 0.25) is 11.8 Å². The Hall–Kier alpha value is -1.82. The molecule has 2 aromatic heterocycles. The predicted molar refractivity (Wildman–Crippen MR) is 71.5 cm³/mol. The Kier molecular flexibility index (Phi) is 4.21. The van der Waals surface area contributed by atoms with Crippen LogP contribution in [0.2, 0.25) is 0 Å². The molecule has 0 aliphatic rings. The molecule has 0 saturated carbocycles. The summed E-state index contributed by atoms with van der Waals surface area (Å²) in [6.45, 7) is 8.78. The maximum absolute atomic E-state index is 5.76. The van der Waals surface area contributed by atoms with Crippen molar-refractivity contribution < 1.29 is 4.42 Å². The molecule has 6 nitrogen and oxygen atoms in total. The van der Waals surface area contributed by atoms with Crippen LogP contribution in [0.5, 0.6) is 0 Å². The van der Waals surface area contributed by atoms with Crippen LogP contribution >= 0.6 is 0 Å². The Labute approximate surface area is 112 Å². The Bertz CT molecular complexity index is 552. The average molecular weight is 261 g/mol. The van der Waals surface area contributed by atoms with Gasteiger partial charge in [0.25, 0.3) is 0 Å². The molecular weight excluding hydrogens is 242 g/mol. The number of hydrogen-bond acceptors (Lipinski definition) is 6. The van der Waals surface area contributed by atoms with Crippen LogP contribution in [0.4, 0.5) is 0 Å². The molecule has 19 heavy (non-hydrogen) atoms. The fourth-order valence-corrected chi connectivity index (χ4v) is 1.90. The Balaban J connectivity index is 2.32. The molecule has 2 heterocycles. The second kappa shape index (κ2) is 5.88. The van der Waals surface area contributed by atoms with Crippen LogP contribution in [0.1, 0.15) is 43.6 Å². The minimum absolute atomic E-state index is 0.0995. The Morgan fingerprint density at radius 3 is 2.63 bits per heavy atom. The predicted octanol–water partition coefficient (Wildman–Crippen LogP) is 2.20. The molecule has 0 amide bonds. The lowest BCUT2D eigenvalue weighted by atomic mass is 10.2. The van der Waals surface area contributed by atoms with Crippen LogP contribution in [-0.2, 0) is 0 Å². The highest BCUT2D eigenvalue weighted by Crippen LogP contribution is 2.23. The third-order valence-corrected chi connectivity index (χ3v) is 2.93. The number of hydrogen-bond donors (Lipinski definition) is 1. The molecule has 0 saturated heterocycles. The molecule has 1 atom stereocenters. The zero-order valence-corrected chi connectivity index (χ0v) is 11.8. The number of nitrogens with zero attached hydrogens (tertiary/aromatic N) is 4. The van der Waals surface area contributed by atoms with E-state index in [2.05, 4.69) is 39.6 Å². The van der Waals surface area contributed by atoms with Gasteiger partial charge in [0.05, 0.1) is 23.0 Å². The highest BCUT2D eigenvalue weighted by Gasteiger charge is 2.18. The number of aromatic nitrogens is 4. The van der Waals surface area contributed by atoms with E-state index >= 15 is 0 Å². The second-order valence-electron chi connectivity index (χ2n) is 4.45. The highest BCUT2D eigenvalue weighted by atomic mass is 16.4. The molecule has 0 aliphatic heterocycles. The summed E-state index contributed by atoms with van der Waals surface area (Å²) in [5.74, 6) is 1.12. The third-order valence-electron chi connectivity index (χ3n) is 2.93. The van der Waals surface area contributed by atoms with Crippen molar-refractivity contribution in [2.45, 2.75) is 40.2 Å². The van der Waals surface area contributed by atoms with Crippen molar-refractivity contribution in [1.82, 2.24) is 25.7 Å².